The first-order chi connectivity index (χ1) is 11.1. The second-order valence-electron chi connectivity index (χ2n) is 5.84. The first kappa shape index (κ1) is 15.3. The maximum atomic E-state index is 6.28. The minimum Gasteiger partial charge on any atom is -0.477 e. The number of nitrogens with zero attached hydrogens (tertiary/aromatic N) is 4. The highest BCUT2D eigenvalue weighted by Gasteiger charge is 2.14. The quantitative estimate of drug-likeness (QED) is 0.783. The summed E-state index contributed by atoms with van der Waals surface area (Å²) >= 11 is 0. The van der Waals surface area contributed by atoms with Crippen LogP contribution in [0.15, 0.2) is 30.6 Å². The fraction of sp³-hybridized carbons (Fsp3) is 0.353. The van der Waals surface area contributed by atoms with Crippen LogP contribution >= 0.6 is 0 Å². The van der Waals surface area contributed by atoms with Gasteiger partial charge in [0.1, 0.15) is 11.0 Å². The third-order valence-corrected chi connectivity index (χ3v) is 3.49. The maximum Gasteiger partial charge on any atom is 0.222 e. The highest BCUT2D eigenvalue weighted by Crippen LogP contribution is 2.31. The molecule has 3 aromatic rings. The molecule has 0 bridgehead atoms. The SMILES string of the molecule is CCOc1ncccc1-c1cc(N)c2c(cnn2CC(C)C)n1. The van der Waals surface area contributed by atoms with Crippen molar-refractivity contribution in [2.75, 3.05) is 12.3 Å². The molecule has 0 aliphatic carbocycles. The van der Waals surface area contributed by atoms with E-state index in [2.05, 4.69) is 23.9 Å². The zero-order valence-corrected chi connectivity index (χ0v) is 13.7. The van der Waals surface area contributed by atoms with E-state index in [4.69, 9.17) is 15.5 Å². The van der Waals surface area contributed by atoms with Gasteiger partial charge in [-0.1, -0.05) is 13.8 Å². The predicted octanol–water partition coefficient (Wildman–Crippen LogP) is 3.13. The number of aromatic nitrogens is 4. The molecule has 23 heavy (non-hydrogen) atoms. The lowest BCUT2D eigenvalue weighted by molar-refractivity contribution is 0.328. The molecule has 3 heterocycles. The summed E-state index contributed by atoms with van der Waals surface area (Å²) in [6.45, 7) is 7.59. The van der Waals surface area contributed by atoms with E-state index >= 15 is 0 Å². The number of nitrogen functional groups attached to an aromatic ring is 1. The van der Waals surface area contributed by atoms with Crippen LogP contribution in [0.25, 0.3) is 22.3 Å². The van der Waals surface area contributed by atoms with Crippen molar-refractivity contribution < 1.29 is 4.74 Å². The minimum atomic E-state index is 0.486. The Bertz CT molecular complexity index is 825. The van der Waals surface area contributed by atoms with Gasteiger partial charge in [-0.25, -0.2) is 9.97 Å². The molecular formula is C17H21N5O. The van der Waals surface area contributed by atoms with E-state index in [9.17, 15) is 0 Å². The fourth-order valence-corrected chi connectivity index (χ4v) is 2.59. The summed E-state index contributed by atoms with van der Waals surface area (Å²) in [5.74, 6) is 1.05. The Morgan fingerprint density at radius 2 is 2.17 bits per heavy atom. The molecule has 0 spiro atoms. The van der Waals surface area contributed by atoms with Gasteiger partial charge in [0.15, 0.2) is 0 Å². The third kappa shape index (κ3) is 2.97. The number of ether oxygens (including phenoxy) is 1. The molecule has 2 N–H and O–H groups in total. The normalized spacial score (nSPS) is 11.3. The molecule has 0 saturated carbocycles. The summed E-state index contributed by atoms with van der Waals surface area (Å²) < 4.78 is 7.50. The molecule has 3 rings (SSSR count). The summed E-state index contributed by atoms with van der Waals surface area (Å²) in [5, 5.41) is 4.42. The standard InChI is InChI=1S/C17H21N5O/c1-4-23-17-12(6-5-7-19-17)14-8-13(18)16-15(21-14)9-20-22(16)10-11(2)3/h5-9,11H,4,10H2,1-3H3,(H2,18,21). The lowest BCUT2D eigenvalue weighted by Crippen LogP contribution is -2.07. The smallest absolute Gasteiger partial charge is 0.222 e. The summed E-state index contributed by atoms with van der Waals surface area (Å²) in [5.41, 5.74) is 10.2. The zero-order chi connectivity index (χ0) is 16.4. The van der Waals surface area contributed by atoms with E-state index in [1.807, 2.05) is 29.8 Å². The third-order valence-electron chi connectivity index (χ3n) is 3.49. The Balaban J connectivity index is 2.11. The van der Waals surface area contributed by atoms with Crippen molar-refractivity contribution in [2.45, 2.75) is 27.3 Å². The molecule has 3 aromatic heterocycles. The summed E-state index contributed by atoms with van der Waals surface area (Å²) in [4.78, 5) is 8.97. The van der Waals surface area contributed by atoms with E-state index in [0.29, 0.717) is 24.1 Å². The molecular weight excluding hydrogens is 290 g/mol. The van der Waals surface area contributed by atoms with Gasteiger partial charge >= 0.3 is 0 Å². The van der Waals surface area contributed by atoms with Crippen molar-refractivity contribution in [1.82, 2.24) is 19.7 Å². The van der Waals surface area contributed by atoms with Crippen molar-refractivity contribution in [3.05, 3.63) is 30.6 Å². The Labute approximate surface area is 135 Å². The molecule has 0 atom stereocenters. The van der Waals surface area contributed by atoms with Gasteiger partial charge in [0, 0.05) is 12.7 Å². The fourth-order valence-electron chi connectivity index (χ4n) is 2.59. The number of anilines is 1. The van der Waals surface area contributed by atoms with Crippen LogP contribution in [0.3, 0.4) is 0 Å². The van der Waals surface area contributed by atoms with Crippen LogP contribution in [-0.4, -0.2) is 26.4 Å². The number of pyridine rings is 2. The van der Waals surface area contributed by atoms with Crippen LogP contribution < -0.4 is 10.5 Å². The molecule has 0 aliphatic heterocycles. The average molecular weight is 311 g/mol. The second kappa shape index (κ2) is 6.24. The van der Waals surface area contributed by atoms with Gasteiger partial charge in [0.2, 0.25) is 5.88 Å². The molecule has 0 aliphatic rings. The topological polar surface area (TPSA) is 78.9 Å². The van der Waals surface area contributed by atoms with E-state index in [-0.39, 0.29) is 0 Å². The van der Waals surface area contributed by atoms with Gasteiger partial charge in [0.25, 0.3) is 0 Å². The van der Waals surface area contributed by atoms with Crippen LogP contribution in [0.2, 0.25) is 0 Å². The van der Waals surface area contributed by atoms with Gasteiger partial charge in [-0.3, -0.25) is 4.68 Å². The average Bonchev–Trinajstić information content (AvgIpc) is 2.91. The van der Waals surface area contributed by atoms with E-state index < -0.39 is 0 Å². The van der Waals surface area contributed by atoms with Crippen molar-refractivity contribution in [3.63, 3.8) is 0 Å². The van der Waals surface area contributed by atoms with Crippen LogP contribution in [0.5, 0.6) is 5.88 Å². The van der Waals surface area contributed by atoms with Crippen LogP contribution in [0.4, 0.5) is 5.69 Å². The van der Waals surface area contributed by atoms with Crippen molar-refractivity contribution in [1.29, 1.82) is 0 Å². The molecule has 0 fully saturated rings. The van der Waals surface area contributed by atoms with Gasteiger partial charge < -0.3 is 10.5 Å². The van der Waals surface area contributed by atoms with E-state index in [0.717, 1.165) is 28.8 Å². The summed E-state index contributed by atoms with van der Waals surface area (Å²) in [7, 11) is 0. The molecule has 6 heteroatoms. The number of hydrogen-bond acceptors (Lipinski definition) is 5. The highest BCUT2D eigenvalue weighted by atomic mass is 16.5. The van der Waals surface area contributed by atoms with E-state index in [1.54, 1.807) is 12.4 Å². The van der Waals surface area contributed by atoms with Crippen molar-refractivity contribution in [2.24, 2.45) is 5.92 Å². The van der Waals surface area contributed by atoms with Gasteiger partial charge in [-0.15, -0.1) is 0 Å². The predicted molar refractivity (Wildman–Crippen MR) is 91.2 cm³/mol. The monoisotopic (exact) mass is 311 g/mol. The lowest BCUT2D eigenvalue weighted by Gasteiger charge is -2.11. The summed E-state index contributed by atoms with van der Waals surface area (Å²) in [6.07, 6.45) is 3.46. The molecule has 0 saturated heterocycles. The second-order valence-corrected chi connectivity index (χ2v) is 5.84. The molecule has 0 radical (unpaired) electrons. The Morgan fingerprint density at radius 1 is 1.35 bits per heavy atom. The number of hydrogen-bond donors (Lipinski definition) is 1. The van der Waals surface area contributed by atoms with Crippen molar-refractivity contribution >= 4 is 16.7 Å². The Kier molecular flexibility index (Phi) is 4.14. The van der Waals surface area contributed by atoms with Gasteiger partial charge in [0.05, 0.1) is 29.7 Å². The molecule has 6 nitrogen and oxygen atoms in total. The number of rotatable bonds is 5. The van der Waals surface area contributed by atoms with E-state index in [1.165, 1.54) is 0 Å². The first-order valence-electron chi connectivity index (χ1n) is 7.80. The maximum absolute atomic E-state index is 6.28. The highest BCUT2D eigenvalue weighted by molar-refractivity contribution is 5.90. The van der Waals surface area contributed by atoms with Crippen molar-refractivity contribution in [3.8, 4) is 17.1 Å². The first-order valence-corrected chi connectivity index (χ1v) is 7.80. The Hall–Kier alpha value is -2.63. The Morgan fingerprint density at radius 3 is 2.91 bits per heavy atom. The zero-order valence-electron chi connectivity index (χ0n) is 13.7. The van der Waals surface area contributed by atoms with Gasteiger partial charge in [-0.05, 0) is 31.0 Å². The molecule has 0 unspecified atom stereocenters. The van der Waals surface area contributed by atoms with Crippen LogP contribution in [0, 0.1) is 5.92 Å². The van der Waals surface area contributed by atoms with Crippen LogP contribution in [-0.2, 0) is 6.54 Å². The largest absolute Gasteiger partial charge is 0.477 e. The van der Waals surface area contributed by atoms with Crippen LogP contribution in [0.1, 0.15) is 20.8 Å². The minimum absolute atomic E-state index is 0.486. The molecule has 0 amide bonds. The lowest BCUT2D eigenvalue weighted by atomic mass is 10.1. The molecule has 120 valence electrons. The molecule has 0 aromatic carbocycles. The summed E-state index contributed by atoms with van der Waals surface area (Å²) in [6, 6.07) is 5.66. The number of fused-ring (bicyclic) bond motifs is 1. The number of nitrogens with two attached hydrogens (primary N) is 1. The van der Waals surface area contributed by atoms with Gasteiger partial charge in [-0.2, -0.15) is 5.10 Å².